The number of nitrogens with zero attached hydrogens (tertiary/aromatic N) is 4. The molecule has 2 amide bonds. The van der Waals surface area contributed by atoms with Crippen molar-refractivity contribution in [2.45, 2.75) is 72.3 Å². The summed E-state index contributed by atoms with van der Waals surface area (Å²) in [7, 11) is 0. The van der Waals surface area contributed by atoms with Crippen LogP contribution < -0.4 is 5.32 Å². The van der Waals surface area contributed by atoms with Gasteiger partial charge in [0.25, 0.3) is 5.92 Å². The van der Waals surface area contributed by atoms with Crippen molar-refractivity contribution in [2.24, 2.45) is 21.8 Å². The second kappa shape index (κ2) is 16.5. The number of allylic oxidation sites excluding steroid dienone is 1. The summed E-state index contributed by atoms with van der Waals surface area (Å²) >= 11 is 1.01. The highest BCUT2D eigenvalue weighted by atomic mass is 32.1. The third kappa shape index (κ3) is 12.1. The number of amidine groups is 1. The monoisotopic (exact) mass is 673 g/mol. The number of rotatable bonds is 8. The minimum atomic E-state index is -3.13. The molecule has 0 radical (unpaired) electrons. The van der Waals surface area contributed by atoms with Crippen LogP contribution in [0, 0.1) is 22.7 Å². The molecular weight excluding hydrogens is 632 g/mol. The van der Waals surface area contributed by atoms with Crippen LogP contribution in [0.5, 0.6) is 0 Å². The molecule has 15 heteroatoms. The predicted octanol–water partition coefficient (Wildman–Crippen LogP) is 6.50. The van der Waals surface area contributed by atoms with E-state index in [4.69, 9.17) is 25.0 Å². The van der Waals surface area contributed by atoms with Gasteiger partial charge in [0.1, 0.15) is 22.1 Å². The molecule has 3 rings (SSSR count). The molecule has 3 heterocycles. The number of hydrogen-bond acceptors (Lipinski definition) is 10. The molecule has 12 nitrogen and oxygen atoms in total. The molecule has 0 bridgehead atoms. The number of aliphatic imine (C=N–C) groups is 2. The second-order valence-electron chi connectivity index (χ2n) is 11.9. The maximum absolute atomic E-state index is 13.9. The number of carbonyl (C=O) groups excluding carboxylic acids is 2. The number of nitrogens with one attached hydrogen (secondary N) is 3. The van der Waals surface area contributed by atoms with Crippen LogP contribution in [0.1, 0.15) is 82.6 Å². The number of alkyl halides is 2. The van der Waals surface area contributed by atoms with E-state index in [0.717, 1.165) is 18.3 Å². The van der Waals surface area contributed by atoms with Crippen LogP contribution >= 0.6 is 11.3 Å². The summed E-state index contributed by atoms with van der Waals surface area (Å²) < 4.78 is 44.6. The van der Waals surface area contributed by atoms with Crippen LogP contribution in [0.3, 0.4) is 0 Å². The van der Waals surface area contributed by atoms with E-state index in [1.54, 1.807) is 33.8 Å². The maximum Gasteiger partial charge on any atom is 0.342 e. The largest absolute Gasteiger partial charge is 0.460 e. The van der Waals surface area contributed by atoms with E-state index in [1.165, 1.54) is 37.0 Å². The quantitative estimate of drug-likeness (QED) is 0.163. The number of halogens is 2. The Kier molecular flexibility index (Phi) is 13.1. The molecule has 2 unspecified atom stereocenters. The number of amides is 2. The van der Waals surface area contributed by atoms with Crippen molar-refractivity contribution >= 4 is 58.8 Å². The van der Waals surface area contributed by atoms with E-state index < -0.39 is 29.4 Å². The normalized spacial score (nSPS) is 18.3. The Labute approximate surface area is 276 Å². The van der Waals surface area contributed by atoms with Crippen molar-refractivity contribution in [3.05, 3.63) is 45.7 Å². The topological polar surface area (TPSA) is 172 Å². The van der Waals surface area contributed by atoms with Crippen molar-refractivity contribution in [2.75, 3.05) is 19.8 Å². The Morgan fingerprint density at radius 1 is 1.19 bits per heavy atom. The number of carbonyl (C=O) groups is 2. The molecule has 2 atom stereocenters. The SMILES string of the molecule is CCNC(=O)N=C(C)N=C/C(=C/c1nc(C(C)(F)F)cs1)c1cncc(C(=N)OC(=N)C2COCCCC(C(=O)OC(C)(C)C)C2)c1. The highest BCUT2D eigenvalue weighted by Crippen LogP contribution is 2.30. The summed E-state index contributed by atoms with van der Waals surface area (Å²) in [4.78, 5) is 41.0. The number of thiazole rings is 1. The Bertz CT molecular complexity index is 1540. The van der Waals surface area contributed by atoms with E-state index >= 15 is 0 Å². The highest BCUT2D eigenvalue weighted by Gasteiger charge is 2.32. The van der Waals surface area contributed by atoms with Gasteiger partial charge in [0, 0.05) is 55.2 Å². The van der Waals surface area contributed by atoms with Gasteiger partial charge in [0.15, 0.2) is 5.90 Å². The lowest BCUT2D eigenvalue weighted by Crippen LogP contribution is -2.34. The van der Waals surface area contributed by atoms with Gasteiger partial charge in [-0.25, -0.2) is 14.8 Å². The fourth-order valence-corrected chi connectivity index (χ4v) is 5.19. The standard InChI is InChI=1S/C32H41F2N7O5S/c1-7-38-30(43)40-19(2)39-16-22(13-26-41-25(18-47-26)32(6,33)34)21-12-23(15-37-14-21)27(35)45-28(36)24-11-20(9-8-10-44-17-24)29(42)46-31(3,4)5/h12-16,18,20,24,35-36H,7-11,17H2,1-6H3,(H,38,43)/b22-13-,35-27?,36-28?,39-16?,40-19?. The zero-order valence-corrected chi connectivity index (χ0v) is 28.2. The van der Waals surface area contributed by atoms with Crippen LogP contribution in [-0.2, 0) is 24.9 Å². The number of hydrogen-bond donors (Lipinski definition) is 3. The average Bonchev–Trinajstić information content (AvgIpc) is 3.44. The number of esters is 1. The first-order chi connectivity index (χ1) is 22.1. The smallest absolute Gasteiger partial charge is 0.342 e. The van der Waals surface area contributed by atoms with Crippen LogP contribution in [0.25, 0.3) is 11.6 Å². The molecule has 0 aromatic carbocycles. The van der Waals surface area contributed by atoms with Crippen LogP contribution in [0.15, 0.2) is 33.8 Å². The number of ether oxygens (including phenoxy) is 3. The summed E-state index contributed by atoms with van der Waals surface area (Å²) in [6, 6.07) is 1.00. The second-order valence-corrected chi connectivity index (χ2v) is 12.8. The predicted molar refractivity (Wildman–Crippen MR) is 178 cm³/mol. The third-order valence-corrected chi connectivity index (χ3v) is 7.41. The summed E-state index contributed by atoms with van der Waals surface area (Å²) in [6.07, 6.45) is 7.27. The van der Waals surface area contributed by atoms with Gasteiger partial charge < -0.3 is 19.5 Å². The molecule has 1 aliphatic rings. The van der Waals surface area contributed by atoms with Crippen molar-refractivity contribution in [1.29, 1.82) is 10.8 Å². The van der Waals surface area contributed by atoms with Crippen molar-refractivity contribution in [1.82, 2.24) is 15.3 Å². The molecule has 2 aromatic rings. The van der Waals surface area contributed by atoms with Crippen molar-refractivity contribution < 1.29 is 32.6 Å². The Morgan fingerprint density at radius 3 is 2.57 bits per heavy atom. The van der Waals surface area contributed by atoms with Crippen LogP contribution in [0.4, 0.5) is 13.6 Å². The Morgan fingerprint density at radius 2 is 1.91 bits per heavy atom. The number of pyridine rings is 1. The summed E-state index contributed by atoms with van der Waals surface area (Å²) in [5.41, 5.74) is -0.00898. The molecule has 47 heavy (non-hydrogen) atoms. The minimum absolute atomic E-state index is 0.140. The zero-order chi connectivity index (χ0) is 34.8. The molecule has 2 aromatic heterocycles. The van der Waals surface area contributed by atoms with Crippen molar-refractivity contribution in [3.8, 4) is 0 Å². The molecule has 254 valence electrons. The molecule has 1 aliphatic heterocycles. The first-order valence-electron chi connectivity index (χ1n) is 15.1. The highest BCUT2D eigenvalue weighted by molar-refractivity contribution is 7.10. The van der Waals surface area contributed by atoms with E-state index in [9.17, 15) is 18.4 Å². The van der Waals surface area contributed by atoms with Gasteiger partial charge in [-0.05, 0) is 66.0 Å². The molecule has 1 fully saturated rings. The molecule has 0 saturated carbocycles. The van der Waals surface area contributed by atoms with E-state index in [2.05, 4.69) is 25.3 Å². The van der Waals surface area contributed by atoms with Gasteiger partial charge in [0.05, 0.1) is 24.0 Å². The van der Waals surface area contributed by atoms with Gasteiger partial charge in [-0.1, -0.05) is 0 Å². The van der Waals surface area contributed by atoms with Gasteiger partial charge in [-0.3, -0.25) is 20.6 Å². The number of aromatic nitrogens is 2. The van der Waals surface area contributed by atoms with Crippen LogP contribution in [0.2, 0.25) is 0 Å². The molecule has 1 saturated heterocycles. The van der Waals surface area contributed by atoms with Gasteiger partial charge in [-0.2, -0.15) is 13.8 Å². The first-order valence-corrected chi connectivity index (χ1v) is 16.0. The zero-order valence-electron chi connectivity index (χ0n) is 27.4. The first kappa shape index (κ1) is 37.2. The summed E-state index contributed by atoms with van der Waals surface area (Å²) in [6.45, 7) is 10.4. The van der Waals surface area contributed by atoms with Gasteiger partial charge >= 0.3 is 12.0 Å². The van der Waals surface area contributed by atoms with Crippen molar-refractivity contribution in [3.63, 3.8) is 0 Å². The molecule has 0 aliphatic carbocycles. The molecule has 0 spiro atoms. The lowest BCUT2D eigenvalue weighted by molar-refractivity contribution is -0.161. The fourth-order valence-electron chi connectivity index (χ4n) is 4.36. The summed E-state index contributed by atoms with van der Waals surface area (Å²) in [5.74, 6) is -4.96. The lowest BCUT2D eigenvalue weighted by Gasteiger charge is -2.28. The van der Waals surface area contributed by atoms with E-state index in [0.29, 0.717) is 37.1 Å². The molecular formula is C32H41F2N7O5S. The number of urea groups is 1. The lowest BCUT2D eigenvalue weighted by atomic mass is 9.90. The summed E-state index contributed by atoms with van der Waals surface area (Å²) in [5, 5.41) is 21.3. The van der Waals surface area contributed by atoms with E-state index in [-0.39, 0.29) is 52.9 Å². The Balaban J connectivity index is 1.86. The fraction of sp³-hybridized carbons (Fsp3) is 0.500. The van der Waals surface area contributed by atoms with Gasteiger partial charge in [-0.15, -0.1) is 11.3 Å². The van der Waals surface area contributed by atoms with E-state index in [1.807, 2.05) is 0 Å². The van der Waals surface area contributed by atoms with Gasteiger partial charge in [0.2, 0.25) is 5.90 Å². The third-order valence-electron chi connectivity index (χ3n) is 6.62. The Hall–Kier alpha value is -4.24. The molecule has 3 N–H and O–H groups in total. The minimum Gasteiger partial charge on any atom is -0.460 e. The average molecular weight is 674 g/mol. The van der Waals surface area contributed by atoms with Crippen LogP contribution in [-0.4, -0.2) is 71.2 Å². The maximum atomic E-state index is 13.9.